The maximum absolute atomic E-state index is 8.56. The second kappa shape index (κ2) is 3.34. The minimum absolute atomic E-state index is 0.626. The topological polar surface area (TPSA) is 37.9 Å². The van der Waals surface area contributed by atoms with Crippen molar-refractivity contribution in [1.29, 1.82) is 0 Å². The van der Waals surface area contributed by atoms with Gasteiger partial charge in [0.2, 0.25) is 0 Å². The molecule has 63 valence electrons. The van der Waals surface area contributed by atoms with E-state index in [4.69, 9.17) is 5.53 Å². The molecule has 0 aliphatic heterocycles. The number of nitrogens with zero attached hydrogens (tertiary/aromatic N) is 3. The van der Waals surface area contributed by atoms with Crippen molar-refractivity contribution in [2.75, 3.05) is 19.0 Å². The first kappa shape index (κ1) is 8.71. The van der Waals surface area contributed by atoms with Crippen LogP contribution >= 0.6 is 0 Å². The Morgan fingerprint density at radius 3 is 2.42 bits per heavy atom. The number of rotatable bonds is 2. The van der Waals surface area contributed by atoms with Crippen molar-refractivity contribution in [3.63, 3.8) is 0 Å². The Labute approximate surface area is 72.5 Å². The third-order valence-electron chi connectivity index (χ3n) is 1.80. The SMILES string of the molecule is Cc1cc(N(C)C)ccc1N=[N]. The van der Waals surface area contributed by atoms with Crippen LogP contribution in [0.2, 0.25) is 0 Å². The molecule has 0 amide bonds. The second-order valence-electron chi connectivity index (χ2n) is 2.97. The van der Waals surface area contributed by atoms with Crippen molar-refractivity contribution in [2.45, 2.75) is 6.92 Å². The monoisotopic (exact) mass is 162 g/mol. The molecule has 0 spiro atoms. The molecule has 1 radical (unpaired) electrons. The van der Waals surface area contributed by atoms with E-state index in [1.807, 2.05) is 38.1 Å². The molecule has 1 aromatic rings. The summed E-state index contributed by atoms with van der Waals surface area (Å²) in [4.78, 5) is 2.01. The Morgan fingerprint density at radius 2 is 2.00 bits per heavy atom. The lowest BCUT2D eigenvalue weighted by atomic mass is 10.2. The molecule has 12 heavy (non-hydrogen) atoms. The Kier molecular flexibility index (Phi) is 2.43. The highest BCUT2D eigenvalue weighted by Gasteiger charge is 1.99. The molecule has 0 aromatic heterocycles. The summed E-state index contributed by atoms with van der Waals surface area (Å²) in [6.07, 6.45) is 0. The number of hydrogen-bond donors (Lipinski definition) is 0. The molecule has 0 N–H and O–H groups in total. The predicted molar refractivity (Wildman–Crippen MR) is 49.7 cm³/mol. The molecule has 0 heterocycles. The molecule has 1 aromatic carbocycles. The van der Waals surface area contributed by atoms with E-state index in [1.54, 1.807) is 6.07 Å². The quantitative estimate of drug-likeness (QED) is 0.612. The van der Waals surface area contributed by atoms with E-state index in [9.17, 15) is 0 Å². The van der Waals surface area contributed by atoms with Gasteiger partial charge in [-0.1, -0.05) is 0 Å². The zero-order valence-electron chi connectivity index (χ0n) is 7.57. The molecule has 0 fully saturated rings. The van der Waals surface area contributed by atoms with Crippen LogP contribution in [0.25, 0.3) is 0 Å². The largest absolute Gasteiger partial charge is 0.378 e. The van der Waals surface area contributed by atoms with Gasteiger partial charge in [-0.05, 0) is 36.2 Å². The Bertz CT molecular complexity index is 292. The van der Waals surface area contributed by atoms with E-state index in [2.05, 4.69) is 5.11 Å². The Hall–Kier alpha value is -1.38. The van der Waals surface area contributed by atoms with Crippen LogP contribution in [0.4, 0.5) is 11.4 Å². The standard InChI is InChI=1S/C9H12N3/c1-7-6-8(12(2)3)4-5-9(7)11-10/h4-6H,1-3H3. The molecule has 0 bridgehead atoms. The van der Waals surface area contributed by atoms with E-state index < -0.39 is 0 Å². The molecule has 3 heteroatoms. The van der Waals surface area contributed by atoms with Crippen molar-refractivity contribution in [1.82, 2.24) is 5.53 Å². The van der Waals surface area contributed by atoms with Gasteiger partial charge in [0, 0.05) is 19.8 Å². The summed E-state index contributed by atoms with van der Waals surface area (Å²) >= 11 is 0. The highest BCUT2D eigenvalue weighted by molar-refractivity contribution is 5.56. The lowest BCUT2D eigenvalue weighted by Gasteiger charge is -2.13. The van der Waals surface area contributed by atoms with Gasteiger partial charge in [-0.15, -0.1) is 5.11 Å². The van der Waals surface area contributed by atoms with Crippen molar-refractivity contribution in [2.24, 2.45) is 5.11 Å². The highest BCUT2D eigenvalue weighted by atomic mass is 15.1. The van der Waals surface area contributed by atoms with Gasteiger partial charge in [0.25, 0.3) is 0 Å². The molecular weight excluding hydrogens is 150 g/mol. The molecule has 1 rings (SSSR count). The molecule has 0 aliphatic carbocycles. The van der Waals surface area contributed by atoms with Crippen molar-refractivity contribution in [3.05, 3.63) is 23.8 Å². The van der Waals surface area contributed by atoms with E-state index in [-0.39, 0.29) is 0 Å². The molecule has 0 unspecified atom stereocenters. The van der Waals surface area contributed by atoms with Gasteiger partial charge in [0.1, 0.15) is 0 Å². The van der Waals surface area contributed by atoms with E-state index >= 15 is 0 Å². The first-order chi connectivity index (χ1) is 5.65. The number of benzene rings is 1. The van der Waals surface area contributed by atoms with Gasteiger partial charge in [0.05, 0.1) is 5.69 Å². The minimum atomic E-state index is 0.626. The van der Waals surface area contributed by atoms with Gasteiger partial charge >= 0.3 is 0 Å². The second-order valence-corrected chi connectivity index (χ2v) is 2.97. The Balaban J connectivity index is 3.10. The third kappa shape index (κ3) is 1.61. The first-order valence-corrected chi connectivity index (χ1v) is 3.78. The molecule has 0 aliphatic rings. The maximum atomic E-state index is 8.56. The summed E-state index contributed by atoms with van der Waals surface area (Å²) in [5.74, 6) is 0. The van der Waals surface area contributed by atoms with E-state index in [1.165, 1.54) is 0 Å². The van der Waals surface area contributed by atoms with Gasteiger partial charge in [-0.3, -0.25) is 0 Å². The van der Waals surface area contributed by atoms with Crippen LogP contribution in [0.15, 0.2) is 23.3 Å². The summed E-state index contributed by atoms with van der Waals surface area (Å²) in [5, 5.41) is 3.15. The summed E-state index contributed by atoms with van der Waals surface area (Å²) in [7, 11) is 3.95. The van der Waals surface area contributed by atoms with Crippen LogP contribution in [0.1, 0.15) is 5.56 Å². The third-order valence-corrected chi connectivity index (χ3v) is 1.80. The number of anilines is 1. The fourth-order valence-electron chi connectivity index (χ4n) is 1.03. The number of hydrogen-bond acceptors (Lipinski definition) is 2. The number of aryl methyl sites for hydroxylation is 1. The van der Waals surface area contributed by atoms with Crippen LogP contribution in [0, 0.1) is 6.92 Å². The van der Waals surface area contributed by atoms with Crippen molar-refractivity contribution in [3.8, 4) is 0 Å². The van der Waals surface area contributed by atoms with Crippen LogP contribution in [-0.4, -0.2) is 14.1 Å². The molecule has 3 nitrogen and oxygen atoms in total. The predicted octanol–water partition coefficient (Wildman–Crippen LogP) is 1.94. The van der Waals surface area contributed by atoms with Gasteiger partial charge in [-0.25, -0.2) is 0 Å². The average Bonchev–Trinajstić information content (AvgIpc) is 2.04. The molecule has 0 atom stereocenters. The summed E-state index contributed by atoms with van der Waals surface area (Å²) in [5.41, 5.74) is 11.3. The minimum Gasteiger partial charge on any atom is -0.378 e. The maximum Gasteiger partial charge on any atom is 0.0906 e. The fourth-order valence-corrected chi connectivity index (χ4v) is 1.03. The van der Waals surface area contributed by atoms with Crippen molar-refractivity contribution >= 4 is 11.4 Å². The van der Waals surface area contributed by atoms with Crippen LogP contribution in [-0.2, 0) is 0 Å². The zero-order valence-corrected chi connectivity index (χ0v) is 7.57. The van der Waals surface area contributed by atoms with E-state index in [0.29, 0.717) is 5.69 Å². The van der Waals surface area contributed by atoms with Crippen LogP contribution in [0.3, 0.4) is 0 Å². The van der Waals surface area contributed by atoms with Crippen LogP contribution in [0.5, 0.6) is 0 Å². The van der Waals surface area contributed by atoms with Gasteiger partial charge in [0.15, 0.2) is 0 Å². The Morgan fingerprint density at radius 1 is 1.33 bits per heavy atom. The van der Waals surface area contributed by atoms with Gasteiger partial charge < -0.3 is 4.90 Å². The lowest BCUT2D eigenvalue weighted by molar-refractivity contribution is 1.12. The molecule has 0 saturated heterocycles. The van der Waals surface area contributed by atoms with E-state index in [0.717, 1.165) is 11.3 Å². The van der Waals surface area contributed by atoms with Crippen molar-refractivity contribution < 1.29 is 0 Å². The van der Waals surface area contributed by atoms with Crippen LogP contribution < -0.4 is 10.4 Å². The summed E-state index contributed by atoms with van der Waals surface area (Å²) < 4.78 is 0. The first-order valence-electron chi connectivity index (χ1n) is 3.78. The smallest absolute Gasteiger partial charge is 0.0906 e. The fraction of sp³-hybridized carbons (Fsp3) is 0.333. The average molecular weight is 162 g/mol. The normalized spacial score (nSPS) is 9.58. The zero-order chi connectivity index (χ0) is 9.14. The highest BCUT2D eigenvalue weighted by Crippen LogP contribution is 2.22. The summed E-state index contributed by atoms with van der Waals surface area (Å²) in [6.45, 7) is 1.92. The lowest BCUT2D eigenvalue weighted by Crippen LogP contribution is -2.08. The van der Waals surface area contributed by atoms with Gasteiger partial charge in [-0.2, -0.15) is 0 Å². The summed E-state index contributed by atoms with van der Waals surface area (Å²) in [6, 6.07) is 5.70. The molecule has 0 saturated carbocycles. The molecular formula is C9H12N3.